The minimum atomic E-state index is -0.645. The number of fused-ring (bicyclic) bond motifs is 9. The first kappa shape index (κ1) is 42.2. The lowest BCUT2D eigenvalue weighted by Gasteiger charge is -2.35. The fourth-order valence-electron chi connectivity index (χ4n) is 11.8. The van der Waals surface area contributed by atoms with Gasteiger partial charge in [-0.05, 0) is 213 Å². The summed E-state index contributed by atoms with van der Waals surface area (Å²) < 4.78 is 0. The predicted octanol–water partition coefficient (Wildman–Crippen LogP) is 18.3. The van der Waals surface area contributed by atoms with E-state index < -0.39 is 5.41 Å². The van der Waals surface area contributed by atoms with Crippen LogP contribution in [0.3, 0.4) is 0 Å². The van der Waals surface area contributed by atoms with Gasteiger partial charge in [-0.2, -0.15) is 0 Å². The second-order valence-electron chi connectivity index (χ2n) is 19.4. The number of nitrogens with zero attached hydrogens (tertiary/aromatic N) is 2. The van der Waals surface area contributed by atoms with Gasteiger partial charge in [-0.3, -0.25) is 0 Å². The maximum absolute atomic E-state index is 2.53. The third kappa shape index (κ3) is 6.85. The van der Waals surface area contributed by atoms with Crippen molar-refractivity contribution in [3.63, 3.8) is 0 Å². The van der Waals surface area contributed by atoms with E-state index in [1.165, 1.54) is 110 Å². The Kier molecular flexibility index (Phi) is 10.1. The molecule has 11 aromatic carbocycles. The van der Waals surface area contributed by atoms with Gasteiger partial charge >= 0.3 is 0 Å². The Bertz CT molecular complexity index is 3730. The summed E-state index contributed by atoms with van der Waals surface area (Å²) in [6, 6.07) is 82.3. The monoisotopic (exact) mass is 886 g/mol. The molecule has 1 aliphatic rings. The Labute approximate surface area is 406 Å². The van der Waals surface area contributed by atoms with Crippen molar-refractivity contribution in [2.24, 2.45) is 0 Å². The van der Waals surface area contributed by atoms with Crippen LogP contribution in [0.2, 0.25) is 0 Å². The molecule has 0 aromatic heterocycles. The highest BCUT2D eigenvalue weighted by Crippen LogP contribution is 2.61. The van der Waals surface area contributed by atoms with Crippen molar-refractivity contribution < 1.29 is 0 Å². The molecule has 11 aromatic rings. The molecule has 1 aliphatic carbocycles. The molecule has 0 spiro atoms. The highest BCUT2D eigenvalue weighted by atomic mass is 15.1. The summed E-state index contributed by atoms with van der Waals surface area (Å²) in [6.07, 6.45) is 0. The number of benzene rings is 11. The number of hydrogen-bond acceptors (Lipinski definition) is 2. The normalized spacial score (nSPS) is 12.6. The third-order valence-electron chi connectivity index (χ3n) is 14.6. The lowest BCUT2D eigenvalue weighted by molar-refractivity contribution is 0.777. The van der Waals surface area contributed by atoms with Gasteiger partial charge in [0.25, 0.3) is 0 Å². The Morgan fingerprint density at radius 2 is 0.797 bits per heavy atom. The van der Waals surface area contributed by atoms with Crippen molar-refractivity contribution in [3.05, 3.63) is 274 Å². The van der Waals surface area contributed by atoms with E-state index in [0.717, 1.165) is 22.7 Å². The highest BCUT2D eigenvalue weighted by molar-refractivity contribution is 6.20. The average molecular weight is 887 g/mol. The van der Waals surface area contributed by atoms with Crippen molar-refractivity contribution in [1.82, 2.24) is 0 Å². The van der Waals surface area contributed by atoms with Crippen LogP contribution in [0.25, 0.3) is 43.4 Å². The van der Waals surface area contributed by atoms with Crippen LogP contribution in [0.5, 0.6) is 0 Å². The van der Waals surface area contributed by atoms with Crippen LogP contribution in [-0.4, -0.2) is 0 Å². The van der Waals surface area contributed by atoms with E-state index >= 15 is 0 Å². The molecule has 12 rings (SSSR count). The van der Waals surface area contributed by atoms with E-state index in [-0.39, 0.29) is 0 Å². The summed E-state index contributed by atoms with van der Waals surface area (Å²) in [5.41, 5.74) is 21.4. The number of anilines is 6. The zero-order chi connectivity index (χ0) is 47.0. The lowest BCUT2D eigenvalue weighted by Crippen LogP contribution is -2.29. The first-order valence-corrected chi connectivity index (χ1v) is 24.2. The molecule has 0 heterocycles. The molecule has 2 nitrogen and oxygen atoms in total. The van der Waals surface area contributed by atoms with E-state index in [4.69, 9.17) is 0 Å². The average Bonchev–Trinajstić information content (AvgIpc) is 3.65. The standard InChI is InChI=1S/C67H54N2/c1-43-33-44(2)36-55(35-43)68(63-27-17-13-19-47(63)5)53-30-29-49-40-61-62(41-50(49)39-53)67(51-21-9-7-10-22-51,52-23-11-8-12-24-52)66-59-32-31-54(42-60(59)57-25-15-16-26-58(57)65(61)66)69(64-28-18-14-20-48(64)6)56-37-45(3)34-46(4)38-56/h7-42H,1-6H3. The molecule has 0 bridgehead atoms. The van der Waals surface area contributed by atoms with Gasteiger partial charge in [-0.1, -0.05) is 146 Å². The number of rotatable bonds is 8. The van der Waals surface area contributed by atoms with Crippen LogP contribution in [0.15, 0.2) is 218 Å². The molecule has 69 heavy (non-hydrogen) atoms. The molecule has 2 heteroatoms. The molecule has 0 saturated heterocycles. The Morgan fingerprint density at radius 1 is 0.319 bits per heavy atom. The van der Waals surface area contributed by atoms with Gasteiger partial charge in [0.15, 0.2) is 0 Å². The van der Waals surface area contributed by atoms with Crippen LogP contribution >= 0.6 is 0 Å². The number of hydrogen-bond donors (Lipinski definition) is 0. The minimum absolute atomic E-state index is 0.645. The minimum Gasteiger partial charge on any atom is -0.310 e. The number of para-hydroxylation sites is 2. The summed E-state index contributed by atoms with van der Waals surface area (Å²) in [5.74, 6) is 0. The zero-order valence-electron chi connectivity index (χ0n) is 40.2. The molecular weight excluding hydrogens is 833 g/mol. The largest absolute Gasteiger partial charge is 0.310 e. The van der Waals surface area contributed by atoms with Crippen molar-refractivity contribution >= 4 is 66.4 Å². The fraction of sp³-hybridized carbons (Fsp3) is 0.104. The Hall–Kier alpha value is -8.20. The van der Waals surface area contributed by atoms with Gasteiger partial charge in [0.2, 0.25) is 0 Å². The topological polar surface area (TPSA) is 6.48 Å². The maximum atomic E-state index is 2.53. The van der Waals surface area contributed by atoms with Crippen molar-refractivity contribution in [3.8, 4) is 11.1 Å². The molecule has 0 saturated carbocycles. The van der Waals surface area contributed by atoms with Crippen LogP contribution in [0, 0.1) is 41.5 Å². The molecule has 0 radical (unpaired) electrons. The highest BCUT2D eigenvalue weighted by Gasteiger charge is 2.48. The summed E-state index contributed by atoms with van der Waals surface area (Å²) >= 11 is 0. The molecule has 0 atom stereocenters. The van der Waals surface area contributed by atoms with Crippen molar-refractivity contribution in [2.45, 2.75) is 47.0 Å². The van der Waals surface area contributed by atoms with Crippen molar-refractivity contribution in [1.29, 1.82) is 0 Å². The third-order valence-corrected chi connectivity index (χ3v) is 14.6. The maximum Gasteiger partial charge on any atom is 0.0720 e. The quantitative estimate of drug-likeness (QED) is 0.140. The molecule has 0 amide bonds. The molecular formula is C67H54N2. The van der Waals surface area contributed by atoms with Gasteiger partial charge in [-0.15, -0.1) is 0 Å². The lowest BCUT2D eigenvalue weighted by atomic mass is 9.66. The van der Waals surface area contributed by atoms with Crippen LogP contribution < -0.4 is 9.80 Å². The second-order valence-corrected chi connectivity index (χ2v) is 19.4. The van der Waals surface area contributed by atoms with Gasteiger partial charge in [0.05, 0.1) is 5.41 Å². The van der Waals surface area contributed by atoms with E-state index in [1.54, 1.807) is 0 Å². The predicted molar refractivity (Wildman–Crippen MR) is 294 cm³/mol. The summed E-state index contributed by atoms with van der Waals surface area (Å²) in [5, 5.41) is 7.43. The molecule has 332 valence electrons. The first-order valence-electron chi connectivity index (χ1n) is 24.2. The van der Waals surface area contributed by atoms with Crippen LogP contribution in [0.1, 0.15) is 55.6 Å². The smallest absolute Gasteiger partial charge is 0.0720 e. The fourth-order valence-corrected chi connectivity index (χ4v) is 11.8. The van der Waals surface area contributed by atoms with E-state index in [1.807, 2.05) is 0 Å². The number of aryl methyl sites for hydroxylation is 6. The van der Waals surface area contributed by atoms with Gasteiger partial charge in [0, 0.05) is 34.1 Å². The zero-order valence-corrected chi connectivity index (χ0v) is 40.2. The van der Waals surface area contributed by atoms with E-state index in [2.05, 4.69) is 270 Å². The van der Waals surface area contributed by atoms with E-state index in [0.29, 0.717) is 0 Å². The molecule has 0 N–H and O–H groups in total. The molecule has 0 unspecified atom stereocenters. The van der Waals surface area contributed by atoms with Crippen molar-refractivity contribution in [2.75, 3.05) is 9.80 Å². The summed E-state index contributed by atoms with van der Waals surface area (Å²) in [4.78, 5) is 4.89. The van der Waals surface area contributed by atoms with Gasteiger partial charge in [-0.25, -0.2) is 0 Å². The Balaban J connectivity index is 1.17. The van der Waals surface area contributed by atoms with Crippen LogP contribution in [0.4, 0.5) is 34.1 Å². The molecule has 0 aliphatic heterocycles. The summed E-state index contributed by atoms with van der Waals surface area (Å²) in [6.45, 7) is 13.2. The van der Waals surface area contributed by atoms with Gasteiger partial charge < -0.3 is 9.80 Å². The second kappa shape index (κ2) is 16.5. The molecule has 0 fully saturated rings. The van der Waals surface area contributed by atoms with Crippen LogP contribution in [-0.2, 0) is 5.41 Å². The van der Waals surface area contributed by atoms with E-state index in [9.17, 15) is 0 Å². The van der Waals surface area contributed by atoms with Gasteiger partial charge in [0.1, 0.15) is 0 Å². The first-order chi connectivity index (χ1) is 33.7. The SMILES string of the molecule is Cc1cc(C)cc(N(c2ccc3cc4c(cc3c2)C(c2ccccc2)(c2ccccc2)c2c-4c3ccccc3c3cc(N(c4cc(C)cc(C)c4)c4ccccc4C)ccc23)c2ccccc2C)c1. The Morgan fingerprint density at radius 3 is 1.35 bits per heavy atom. The summed E-state index contributed by atoms with van der Waals surface area (Å²) in [7, 11) is 0.